The van der Waals surface area contributed by atoms with Gasteiger partial charge < -0.3 is 15.1 Å². The molecule has 0 saturated heterocycles. The second kappa shape index (κ2) is 6.14. The molecule has 1 aliphatic rings. The summed E-state index contributed by atoms with van der Waals surface area (Å²) >= 11 is 0. The summed E-state index contributed by atoms with van der Waals surface area (Å²) in [5.74, 6) is 0.908. The Bertz CT molecular complexity index is 382. The van der Waals surface area contributed by atoms with E-state index in [2.05, 4.69) is 22.7 Å². The van der Waals surface area contributed by atoms with E-state index in [0.717, 1.165) is 37.2 Å². The fourth-order valence-electron chi connectivity index (χ4n) is 2.65. The van der Waals surface area contributed by atoms with Crippen LogP contribution in [0, 0.1) is 11.8 Å². The molecule has 1 atom stereocenters. The number of nitrogens with two attached hydrogens (primary N) is 1. The van der Waals surface area contributed by atoms with Gasteiger partial charge in [-0.2, -0.15) is 0 Å². The van der Waals surface area contributed by atoms with Crippen molar-refractivity contribution in [3.05, 3.63) is 18.2 Å². The van der Waals surface area contributed by atoms with Gasteiger partial charge in [0.2, 0.25) is 0 Å². The lowest BCUT2D eigenvalue weighted by molar-refractivity contribution is -0.111. The minimum atomic E-state index is 0.0669. The Kier molecular flexibility index (Phi) is 4.53. The molecule has 4 nitrogen and oxygen atoms in total. The summed E-state index contributed by atoms with van der Waals surface area (Å²) in [6.45, 7) is 2.93. The molecule has 0 aromatic carbocycles. The first-order chi connectivity index (χ1) is 8.72. The van der Waals surface area contributed by atoms with E-state index in [-0.39, 0.29) is 5.92 Å². The summed E-state index contributed by atoms with van der Waals surface area (Å²) in [6.07, 6.45) is 10.1. The molecule has 1 fully saturated rings. The number of imidazole rings is 1. The summed E-state index contributed by atoms with van der Waals surface area (Å²) in [6, 6.07) is 0.625. The molecule has 1 aromatic rings. The van der Waals surface area contributed by atoms with E-state index in [1.165, 1.54) is 12.8 Å². The molecule has 18 heavy (non-hydrogen) atoms. The molecule has 1 heterocycles. The molecule has 0 radical (unpaired) electrons. The predicted molar refractivity (Wildman–Crippen MR) is 71.2 cm³/mol. The van der Waals surface area contributed by atoms with Crippen LogP contribution in [0.4, 0.5) is 0 Å². The normalized spacial score (nSPS) is 24.6. The van der Waals surface area contributed by atoms with Crippen LogP contribution in [0.3, 0.4) is 0 Å². The Hall–Kier alpha value is -1.16. The molecule has 0 aliphatic heterocycles. The largest absolute Gasteiger partial charge is 0.334 e. The standard InChI is InChI=1S/C14H23N3O/c1-11-5-14(6-11)17-8-13(16-10-17)7-12(9-18)3-2-4-15/h8-12,14H,2-7,15H2,1H3. The molecule has 1 saturated carbocycles. The van der Waals surface area contributed by atoms with Gasteiger partial charge in [0.25, 0.3) is 0 Å². The zero-order valence-electron chi connectivity index (χ0n) is 11.1. The van der Waals surface area contributed by atoms with Crippen molar-refractivity contribution in [2.24, 2.45) is 17.6 Å². The van der Waals surface area contributed by atoms with Crippen LogP contribution in [0.25, 0.3) is 0 Å². The zero-order chi connectivity index (χ0) is 13.0. The smallest absolute Gasteiger partial charge is 0.123 e. The van der Waals surface area contributed by atoms with Crippen LogP contribution < -0.4 is 5.73 Å². The van der Waals surface area contributed by atoms with Gasteiger partial charge >= 0.3 is 0 Å². The Labute approximate surface area is 109 Å². The number of hydrogen-bond acceptors (Lipinski definition) is 3. The number of nitrogens with zero attached hydrogens (tertiary/aromatic N) is 2. The maximum Gasteiger partial charge on any atom is 0.123 e. The van der Waals surface area contributed by atoms with Crippen molar-refractivity contribution < 1.29 is 4.79 Å². The van der Waals surface area contributed by atoms with E-state index in [0.29, 0.717) is 12.6 Å². The second-order valence-electron chi connectivity index (χ2n) is 5.57. The van der Waals surface area contributed by atoms with Crippen molar-refractivity contribution in [3.8, 4) is 0 Å². The van der Waals surface area contributed by atoms with Gasteiger partial charge in [0.1, 0.15) is 6.29 Å². The van der Waals surface area contributed by atoms with Gasteiger partial charge in [-0.1, -0.05) is 6.92 Å². The van der Waals surface area contributed by atoms with Crippen LogP contribution in [0.5, 0.6) is 0 Å². The summed E-state index contributed by atoms with van der Waals surface area (Å²) in [5, 5.41) is 0. The Balaban J connectivity index is 1.87. The highest BCUT2D eigenvalue weighted by molar-refractivity contribution is 5.53. The molecule has 0 amide bonds. The van der Waals surface area contributed by atoms with Gasteiger partial charge in [0, 0.05) is 24.6 Å². The zero-order valence-corrected chi connectivity index (χ0v) is 11.1. The van der Waals surface area contributed by atoms with Gasteiger partial charge in [-0.25, -0.2) is 4.98 Å². The fraction of sp³-hybridized carbons (Fsp3) is 0.714. The predicted octanol–water partition coefficient (Wildman–Crippen LogP) is 1.95. The van der Waals surface area contributed by atoms with E-state index in [9.17, 15) is 4.79 Å². The lowest BCUT2D eigenvalue weighted by atomic mass is 9.82. The third kappa shape index (κ3) is 3.19. The van der Waals surface area contributed by atoms with Crippen molar-refractivity contribution in [3.63, 3.8) is 0 Å². The number of hydrogen-bond donors (Lipinski definition) is 1. The monoisotopic (exact) mass is 249 g/mol. The minimum Gasteiger partial charge on any atom is -0.334 e. The molecule has 1 aliphatic carbocycles. The lowest BCUT2D eigenvalue weighted by Crippen LogP contribution is -2.23. The maximum absolute atomic E-state index is 11.0. The topological polar surface area (TPSA) is 60.9 Å². The van der Waals surface area contributed by atoms with E-state index in [4.69, 9.17) is 5.73 Å². The summed E-state index contributed by atoms with van der Waals surface area (Å²) in [7, 11) is 0. The van der Waals surface area contributed by atoms with Gasteiger partial charge in [0.05, 0.1) is 12.0 Å². The molecule has 100 valence electrons. The number of carbonyl (C=O) groups excluding carboxylic acids is 1. The van der Waals surface area contributed by atoms with Gasteiger partial charge in [0.15, 0.2) is 0 Å². The van der Waals surface area contributed by atoms with Crippen molar-refractivity contribution in [2.75, 3.05) is 6.54 Å². The molecule has 1 aromatic heterocycles. The van der Waals surface area contributed by atoms with Gasteiger partial charge in [-0.05, 0) is 38.1 Å². The first kappa shape index (κ1) is 13.3. The Morgan fingerprint density at radius 3 is 3.00 bits per heavy atom. The van der Waals surface area contributed by atoms with Crippen molar-refractivity contribution in [2.45, 2.75) is 45.1 Å². The number of aldehydes is 1. The van der Waals surface area contributed by atoms with Crippen LogP contribution in [0.15, 0.2) is 12.5 Å². The van der Waals surface area contributed by atoms with Crippen LogP contribution in [0.1, 0.15) is 44.3 Å². The van der Waals surface area contributed by atoms with Crippen molar-refractivity contribution >= 4 is 6.29 Å². The number of carbonyl (C=O) groups is 1. The van der Waals surface area contributed by atoms with Crippen LogP contribution in [-0.2, 0) is 11.2 Å². The first-order valence-corrected chi connectivity index (χ1v) is 6.90. The van der Waals surface area contributed by atoms with E-state index < -0.39 is 0 Å². The highest BCUT2D eigenvalue weighted by Crippen LogP contribution is 2.37. The lowest BCUT2D eigenvalue weighted by Gasteiger charge is -2.33. The second-order valence-corrected chi connectivity index (χ2v) is 5.57. The van der Waals surface area contributed by atoms with Gasteiger partial charge in [-0.3, -0.25) is 0 Å². The Morgan fingerprint density at radius 1 is 1.61 bits per heavy atom. The SMILES string of the molecule is CC1CC(n2cnc(CC(C=O)CCCN)c2)C1. The van der Waals surface area contributed by atoms with E-state index >= 15 is 0 Å². The third-order valence-corrected chi connectivity index (χ3v) is 3.87. The molecule has 0 bridgehead atoms. The number of aromatic nitrogens is 2. The average Bonchev–Trinajstić information content (AvgIpc) is 2.78. The average molecular weight is 249 g/mol. The van der Waals surface area contributed by atoms with Crippen molar-refractivity contribution in [1.82, 2.24) is 9.55 Å². The highest BCUT2D eigenvalue weighted by Gasteiger charge is 2.26. The fourth-order valence-corrected chi connectivity index (χ4v) is 2.65. The minimum absolute atomic E-state index is 0.0669. The molecule has 2 rings (SSSR count). The summed E-state index contributed by atoms with van der Waals surface area (Å²) < 4.78 is 2.21. The van der Waals surface area contributed by atoms with Crippen LogP contribution >= 0.6 is 0 Å². The molecule has 4 heteroatoms. The maximum atomic E-state index is 11.0. The van der Waals surface area contributed by atoms with Crippen LogP contribution in [-0.4, -0.2) is 22.4 Å². The quantitative estimate of drug-likeness (QED) is 0.751. The molecule has 0 spiro atoms. The molecular weight excluding hydrogens is 226 g/mol. The Morgan fingerprint density at radius 2 is 2.39 bits per heavy atom. The molecule has 1 unspecified atom stereocenters. The van der Waals surface area contributed by atoms with E-state index in [1.807, 2.05) is 6.33 Å². The third-order valence-electron chi connectivity index (χ3n) is 3.87. The summed E-state index contributed by atoms with van der Waals surface area (Å²) in [4.78, 5) is 15.4. The molecular formula is C14H23N3O. The summed E-state index contributed by atoms with van der Waals surface area (Å²) in [5.41, 5.74) is 6.50. The van der Waals surface area contributed by atoms with Crippen LogP contribution in [0.2, 0.25) is 0 Å². The van der Waals surface area contributed by atoms with Crippen molar-refractivity contribution in [1.29, 1.82) is 0 Å². The first-order valence-electron chi connectivity index (χ1n) is 6.90. The van der Waals surface area contributed by atoms with Gasteiger partial charge in [-0.15, -0.1) is 0 Å². The number of rotatable bonds is 7. The molecule has 2 N–H and O–H groups in total. The highest BCUT2D eigenvalue weighted by atomic mass is 16.1. The van der Waals surface area contributed by atoms with E-state index in [1.54, 1.807) is 0 Å².